The molecule has 2 aromatic heterocycles. The Labute approximate surface area is 225 Å². The van der Waals surface area contributed by atoms with Crippen molar-refractivity contribution in [2.45, 2.75) is 0 Å². The van der Waals surface area contributed by atoms with Gasteiger partial charge in [0.25, 0.3) is 0 Å². The Bertz CT molecular complexity index is 2320. The molecule has 0 bridgehead atoms. The summed E-state index contributed by atoms with van der Waals surface area (Å²) in [5.41, 5.74) is 8.80. The largest absolute Gasteiger partial charge is 0.292 e. The Morgan fingerprint density at radius 2 is 1.33 bits per heavy atom. The number of hydrogen-bond acceptors (Lipinski definition) is 1. The average Bonchev–Trinajstić information content (AvgIpc) is 3.40. The van der Waals surface area contributed by atoms with E-state index in [1.54, 1.807) is 0 Å². The van der Waals surface area contributed by atoms with Crippen molar-refractivity contribution in [1.82, 2.24) is 9.38 Å². The van der Waals surface area contributed by atoms with Gasteiger partial charge in [-0.05, 0) is 74.1 Å². The second-order valence-corrected chi connectivity index (χ2v) is 10.1. The fraction of sp³-hybridized carbons (Fsp3) is 0. The summed E-state index contributed by atoms with van der Waals surface area (Å²) in [5.74, 6) is 0. The Morgan fingerprint density at radius 1 is 0.590 bits per heavy atom. The zero-order valence-corrected chi connectivity index (χ0v) is 21.4. The summed E-state index contributed by atoms with van der Waals surface area (Å²) in [5, 5.41) is 8.50. The highest BCUT2D eigenvalue weighted by Gasteiger charge is 2.17. The van der Waals surface area contributed by atoms with Crippen LogP contribution < -0.4 is 0 Å². The summed E-state index contributed by atoms with van der Waals surface area (Å²) in [6, 6.07) is 39.2. The molecule has 0 saturated heterocycles. The fourth-order valence-electron chi connectivity index (χ4n) is 6.35. The quantitative estimate of drug-likeness (QED) is 0.222. The number of imidazole rings is 1. The van der Waals surface area contributed by atoms with Crippen molar-refractivity contribution in [3.05, 3.63) is 133 Å². The molecule has 6 aromatic carbocycles. The van der Waals surface area contributed by atoms with Crippen LogP contribution in [-0.4, -0.2) is 9.38 Å². The third-order valence-electron chi connectivity index (χ3n) is 8.09. The van der Waals surface area contributed by atoms with Gasteiger partial charge < -0.3 is 0 Å². The van der Waals surface area contributed by atoms with Gasteiger partial charge in [0, 0.05) is 16.2 Å². The molecule has 0 aliphatic carbocycles. The Morgan fingerprint density at radius 3 is 2.18 bits per heavy atom. The molecule has 8 aromatic rings. The zero-order valence-electron chi connectivity index (χ0n) is 21.4. The van der Waals surface area contributed by atoms with Crippen molar-refractivity contribution in [3.63, 3.8) is 0 Å². The number of rotatable bonds is 3. The Kier molecular flexibility index (Phi) is 4.56. The lowest BCUT2D eigenvalue weighted by atomic mass is 9.90. The summed E-state index contributed by atoms with van der Waals surface area (Å²) >= 11 is 0. The van der Waals surface area contributed by atoms with Gasteiger partial charge in [-0.1, -0.05) is 104 Å². The van der Waals surface area contributed by atoms with E-state index in [1.807, 2.05) is 12.2 Å². The predicted octanol–water partition coefficient (Wildman–Crippen LogP) is 10.1. The van der Waals surface area contributed by atoms with Crippen LogP contribution in [0.25, 0.3) is 83.2 Å². The van der Waals surface area contributed by atoms with Crippen LogP contribution in [0.15, 0.2) is 122 Å². The van der Waals surface area contributed by atoms with Gasteiger partial charge in [0.15, 0.2) is 0 Å². The van der Waals surface area contributed by atoms with E-state index in [0.717, 1.165) is 38.9 Å². The number of para-hydroxylation sites is 2. The molecule has 0 fully saturated rings. The second kappa shape index (κ2) is 8.14. The standard InChI is InChI=1S/C37H24N2/c1-3-23-21-32(29-14-8-7-13-28(29)26(23)4-2)25-18-19-30-35(22-25)39-34-16-10-9-15-33(34)38-37(39)31-20-17-24-11-5-6-12-27(24)36(30)31/h3-22H,1-2H2. The number of hydrogen-bond donors (Lipinski definition) is 0. The van der Waals surface area contributed by atoms with E-state index < -0.39 is 0 Å². The third kappa shape index (κ3) is 3.00. The minimum Gasteiger partial charge on any atom is -0.292 e. The third-order valence-corrected chi connectivity index (χ3v) is 8.09. The van der Waals surface area contributed by atoms with Crippen molar-refractivity contribution in [1.29, 1.82) is 0 Å². The maximum Gasteiger partial charge on any atom is 0.146 e. The molecule has 0 radical (unpaired) electrons. The molecule has 2 heterocycles. The van der Waals surface area contributed by atoms with E-state index in [0.29, 0.717) is 0 Å². The van der Waals surface area contributed by atoms with Crippen molar-refractivity contribution < 1.29 is 0 Å². The Balaban J connectivity index is 1.58. The molecule has 0 aliphatic heterocycles. The van der Waals surface area contributed by atoms with Crippen LogP contribution in [0.1, 0.15) is 11.1 Å². The van der Waals surface area contributed by atoms with Gasteiger partial charge in [-0.15, -0.1) is 0 Å². The molecule has 2 heteroatoms. The summed E-state index contributed by atoms with van der Waals surface area (Å²) in [4.78, 5) is 5.14. The van der Waals surface area contributed by atoms with Crippen LogP contribution in [0.2, 0.25) is 0 Å². The lowest BCUT2D eigenvalue weighted by molar-refractivity contribution is 1.32. The molecule has 0 spiro atoms. The average molecular weight is 497 g/mol. The number of benzene rings is 6. The van der Waals surface area contributed by atoms with E-state index in [1.165, 1.54) is 43.3 Å². The van der Waals surface area contributed by atoms with Crippen LogP contribution >= 0.6 is 0 Å². The van der Waals surface area contributed by atoms with Gasteiger partial charge in [-0.25, -0.2) is 4.98 Å². The van der Waals surface area contributed by atoms with E-state index in [2.05, 4.69) is 127 Å². The molecule has 0 amide bonds. The first-order chi connectivity index (χ1) is 19.3. The maximum absolute atomic E-state index is 5.14. The molecule has 0 aliphatic rings. The topological polar surface area (TPSA) is 17.3 Å². The summed E-state index contributed by atoms with van der Waals surface area (Å²) in [6.45, 7) is 8.19. The fourth-order valence-corrected chi connectivity index (χ4v) is 6.35. The van der Waals surface area contributed by atoms with Crippen molar-refractivity contribution in [2.24, 2.45) is 0 Å². The van der Waals surface area contributed by atoms with E-state index in [9.17, 15) is 0 Å². The molecule has 8 rings (SSSR count). The van der Waals surface area contributed by atoms with Crippen LogP contribution in [0.4, 0.5) is 0 Å². The molecular formula is C37H24N2. The second-order valence-electron chi connectivity index (χ2n) is 10.1. The highest BCUT2D eigenvalue weighted by molar-refractivity contribution is 6.24. The number of aromatic nitrogens is 2. The van der Waals surface area contributed by atoms with E-state index in [4.69, 9.17) is 4.98 Å². The van der Waals surface area contributed by atoms with Gasteiger partial charge in [-0.3, -0.25) is 4.40 Å². The lowest BCUT2D eigenvalue weighted by Crippen LogP contribution is -1.94. The van der Waals surface area contributed by atoms with E-state index in [-0.39, 0.29) is 0 Å². The molecule has 0 N–H and O–H groups in total. The highest BCUT2D eigenvalue weighted by atomic mass is 15.0. The molecule has 39 heavy (non-hydrogen) atoms. The predicted molar refractivity (Wildman–Crippen MR) is 168 cm³/mol. The van der Waals surface area contributed by atoms with Crippen molar-refractivity contribution in [2.75, 3.05) is 0 Å². The SMILES string of the molecule is C=Cc1cc(-c2ccc3c4c5ccccc5ccc4c4nc5ccccc5n4c3c2)c2ccccc2c1C=C. The van der Waals surface area contributed by atoms with Gasteiger partial charge in [0.2, 0.25) is 0 Å². The van der Waals surface area contributed by atoms with Crippen LogP contribution in [0.5, 0.6) is 0 Å². The number of fused-ring (bicyclic) bond motifs is 11. The monoisotopic (exact) mass is 496 g/mol. The lowest BCUT2D eigenvalue weighted by Gasteiger charge is -2.16. The first kappa shape index (κ1) is 21.8. The highest BCUT2D eigenvalue weighted by Crippen LogP contribution is 2.40. The van der Waals surface area contributed by atoms with Crippen molar-refractivity contribution >= 4 is 72.1 Å². The Hall–Kier alpha value is -5.21. The molecule has 2 nitrogen and oxygen atoms in total. The minimum atomic E-state index is 0.986. The molecule has 0 unspecified atom stereocenters. The van der Waals surface area contributed by atoms with Gasteiger partial charge in [0.05, 0.1) is 16.6 Å². The minimum absolute atomic E-state index is 0.986. The summed E-state index contributed by atoms with van der Waals surface area (Å²) < 4.78 is 2.33. The normalized spacial score (nSPS) is 11.8. The van der Waals surface area contributed by atoms with Gasteiger partial charge in [0.1, 0.15) is 5.65 Å². The number of pyridine rings is 1. The summed E-state index contributed by atoms with van der Waals surface area (Å²) in [7, 11) is 0. The smallest absolute Gasteiger partial charge is 0.146 e. The maximum atomic E-state index is 5.14. The van der Waals surface area contributed by atoms with Crippen molar-refractivity contribution in [3.8, 4) is 11.1 Å². The van der Waals surface area contributed by atoms with Crippen LogP contribution in [0, 0.1) is 0 Å². The molecule has 0 saturated carbocycles. The number of nitrogens with zero attached hydrogens (tertiary/aromatic N) is 2. The first-order valence-corrected chi connectivity index (χ1v) is 13.2. The zero-order chi connectivity index (χ0) is 26.1. The van der Waals surface area contributed by atoms with E-state index >= 15 is 0 Å². The van der Waals surface area contributed by atoms with Crippen LogP contribution in [0.3, 0.4) is 0 Å². The summed E-state index contributed by atoms with van der Waals surface area (Å²) in [6.07, 6.45) is 3.86. The van der Waals surface area contributed by atoms with Gasteiger partial charge in [-0.2, -0.15) is 0 Å². The molecule has 182 valence electrons. The first-order valence-electron chi connectivity index (χ1n) is 13.2. The van der Waals surface area contributed by atoms with Crippen LogP contribution in [-0.2, 0) is 0 Å². The molecule has 0 atom stereocenters. The van der Waals surface area contributed by atoms with Gasteiger partial charge >= 0.3 is 0 Å². The molecular weight excluding hydrogens is 472 g/mol.